The Bertz CT molecular complexity index is 1010. The van der Waals surface area contributed by atoms with Gasteiger partial charge >= 0.3 is 17.9 Å². The fourth-order valence-corrected chi connectivity index (χ4v) is 9.75. The third kappa shape index (κ3) is 3.02. The van der Waals surface area contributed by atoms with Gasteiger partial charge in [0.15, 0.2) is 0 Å². The third-order valence-corrected chi connectivity index (χ3v) is 10.8. The van der Waals surface area contributed by atoms with Gasteiger partial charge in [-0.15, -0.1) is 0 Å². The summed E-state index contributed by atoms with van der Waals surface area (Å²) in [5, 5.41) is 12.2. The Morgan fingerprint density at radius 2 is 1.77 bits per heavy atom. The molecule has 0 radical (unpaired) electrons. The number of carbonyl (C=O) groups is 3. The molecule has 4 aliphatic carbocycles. The highest BCUT2D eigenvalue weighted by atomic mass is 16.7. The molecule has 2 heterocycles. The van der Waals surface area contributed by atoms with Gasteiger partial charge < -0.3 is 24.1 Å². The molecule has 0 amide bonds. The summed E-state index contributed by atoms with van der Waals surface area (Å²) in [5.74, 6) is -0.437. The molecule has 0 aromatic carbocycles. The highest BCUT2D eigenvalue weighted by Gasteiger charge is 2.80. The van der Waals surface area contributed by atoms with Gasteiger partial charge in [-0.3, -0.25) is 9.59 Å². The second-order valence-electron chi connectivity index (χ2n) is 12.2. The van der Waals surface area contributed by atoms with E-state index in [1.165, 1.54) is 13.8 Å². The summed E-state index contributed by atoms with van der Waals surface area (Å²) in [4.78, 5) is 35.7. The van der Waals surface area contributed by atoms with Crippen molar-refractivity contribution in [3.05, 3.63) is 11.6 Å². The first-order chi connectivity index (χ1) is 16.5. The molecule has 192 valence electrons. The predicted molar refractivity (Wildman–Crippen MR) is 121 cm³/mol. The van der Waals surface area contributed by atoms with Crippen molar-refractivity contribution in [2.24, 2.45) is 28.6 Å². The smallest absolute Gasteiger partial charge is 0.331 e. The highest BCUT2D eigenvalue weighted by Crippen LogP contribution is 2.76. The molecule has 6 aliphatic rings. The van der Waals surface area contributed by atoms with Crippen LogP contribution in [0.25, 0.3) is 0 Å². The average Bonchev–Trinajstić information content (AvgIpc) is 3.40. The minimum atomic E-state index is -1.13. The van der Waals surface area contributed by atoms with Gasteiger partial charge in [0.2, 0.25) is 6.29 Å². The van der Waals surface area contributed by atoms with E-state index in [2.05, 4.69) is 6.92 Å². The van der Waals surface area contributed by atoms with Crippen LogP contribution in [0.15, 0.2) is 11.6 Å². The summed E-state index contributed by atoms with van der Waals surface area (Å²) < 4.78 is 23.6. The van der Waals surface area contributed by atoms with Gasteiger partial charge in [0, 0.05) is 32.3 Å². The molecule has 1 N–H and O–H groups in total. The number of hydrogen-bond acceptors (Lipinski definition) is 8. The van der Waals surface area contributed by atoms with E-state index in [1.807, 2.05) is 0 Å². The molecule has 0 aromatic rings. The lowest BCUT2D eigenvalue weighted by Gasteiger charge is -2.63. The molecule has 2 bridgehead atoms. The highest BCUT2D eigenvalue weighted by molar-refractivity contribution is 5.85. The van der Waals surface area contributed by atoms with Crippen molar-refractivity contribution in [1.29, 1.82) is 0 Å². The zero-order chi connectivity index (χ0) is 24.8. The fourth-order valence-electron chi connectivity index (χ4n) is 9.75. The van der Waals surface area contributed by atoms with Crippen LogP contribution in [0.1, 0.15) is 78.6 Å². The van der Waals surface area contributed by atoms with Crippen LogP contribution < -0.4 is 0 Å². The number of carbonyl (C=O) groups excluding carboxylic acids is 3. The van der Waals surface area contributed by atoms with Crippen molar-refractivity contribution in [2.75, 3.05) is 6.61 Å². The molecular formula is C27H36O8. The van der Waals surface area contributed by atoms with Crippen molar-refractivity contribution in [3.63, 3.8) is 0 Å². The maximum absolute atomic E-state index is 12.2. The topological polar surface area (TPSA) is 108 Å². The predicted octanol–water partition coefficient (Wildman–Crippen LogP) is 3.20. The molecule has 8 heteroatoms. The Morgan fingerprint density at radius 1 is 1.00 bits per heavy atom. The summed E-state index contributed by atoms with van der Waals surface area (Å²) >= 11 is 0. The summed E-state index contributed by atoms with van der Waals surface area (Å²) in [5.41, 5.74) is -1.28. The lowest BCUT2D eigenvalue weighted by molar-refractivity contribution is -0.243. The van der Waals surface area contributed by atoms with Crippen molar-refractivity contribution in [2.45, 2.75) is 102 Å². The summed E-state index contributed by atoms with van der Waals surface area (Å²) in [6.07, 6.45) is 7.06. The lowest BCUT2D eigenvalue weighted by atomic mass is 9.42. The minimum Gasteiger partial charge on any atom is -0.462 e. The molecule has 5 fully saturated rings. The normalized spacial score (nSPS) is 49.9. The number of hydrogen-bond donors (Lipinski definition) is 1. The van der Waals surface area contributed by atoms with Gasteiger partial charge in [0.25, 0.3) is 0 Å². The zero-order valence-electron chi connectivity index (χ0n) is 20.8. The van der Waals surface area contributed by atoms with E-state index in [4.69, 9.17) is 18.9 Å². The van der Waals surface area contributed by atoms with Gasteiger partial charge in [0.1, 0.15) is 12.7 Å². The zero-order valence-corrected chi connectivity index (χ0v) is 20.8. The Balaban J connectivity index is 1.39. The van der Waals surface area contributed by atoms with Gasteiger partial charge in [-0.05, 0) is 74.2 Å². The second-order valence-corrected chi connectivity index (χ2v) is 12.2. The van der Waals surface area contributed by atoms with E-state index >= 15 is 0 Å². The number of rotatable bonds is 3. The van der Waals surface area contributed by atoms with Crippen LogP contribution in [-0.4, -0.2) is 53.2 Å². The summed E-state index contributed by atoms with van der Waals surface area (Å²) in [6.45, 7) is 5.50. The average molecular weight is 489 g/mol. The molecule has 1 spiro atoms. The van der Waals surface area contributed by atoms with E-state index in [0.717, 1.165) is 31.3 Å². The molecule has 1 saturated heterocycles. The van der Waals surface area contributed by atoms with Crippen LogP contribution in [0.5, 0.6) is 0 Å². The number of ether oxygens (including phenoxy) is 4. The molecule has 2 aliphatic heterocycles. The SMILES string of the molecule is CC(=O)O[C@@H]1CC[C@@]23[C@@H](OC(C)=O)O[C@]4(CC[C@@]2(O)C1)[C@@H]1CC[C@H](C2=CC(=O)OC2)[C@@]1(C)CC[C@@H]43. The van der Waals surface area contributed by atoms with Crippen LogP contribution in [0.4, 0.5) is 0 Å². The Kier molecular flexibility index (Phi) is 5.06. The molecule has 0 unspecified atom stereocenters. The minimum absolute atomic E-state index is 0.0486. The van der Waals surface area contributed by atoms with E-state index < -0.39 is 28.9 Å². The van der Waals surface area contributed by atoms with Gasteiger partial charge in [-0.2, -0.15) is 0 Å². The van der Waals surface area contributed by atoms with E-state index in [0.29, 0.717) is 38.7 Å². The van der Waals surface area contributed by atoms with E-state index in [1.54, 1.807) is 6.08 Å². The third-order valence-electron chi connectivity index (χ3n) is 10.8. The standard InChI is InChI=1S/C27H36O8/c1-15(28)33-18-6-9-26-21-7-8-24(3)19(17-12-22(30)32-14-17)4-5-20(24)27(21,11-10-25(26,31)13-18)35-23(26)34-16(2)29/h12,18-21,23,31H,4-11,13-14H2,1-3H3/t18-,19-,20-,21-,23+,24-,25-,26-,27-/m1/s1. The summed E-state index contributed by atoms with van der Waals surface area (Å²) in [7, 11) is 0. The van der Waals surface area contributed by atoms with Gasteiger partial charge in [-0.1, -0.05) is 6.92 Å². The second kappa shape index (κ2) is 7.54. The lowest BCUT2D eigenvalue weighted by Crippen LogP contribution is -2.67. The van der Waals surface area contributed by atoms with Crippen LogP contribution in [0.3, 0.4) is 0 Å². The van der Waals surface area contributed by atoms with E-state index in [9.17, 15) is 19.5 Å². The molecule has 35 heavy (non-hydrogen) atoms. The Morgan fingerprint density at radius 3 is 2.46 bits per heavy atom. The molecule has 6 rings (SSSR count). The number of cyclic esters (lactones) is 1. The molecule has 4 saturated carbocycles. The maximum atomic E-state index is 12.2. The van der Waals surface area contributed by atoms with Gasteiger partial charge in [0.05, 0.1) is 16.6 Å². The number of fused-ring (bicyclic) bond motifs is 1. The Labute approximate surface area is 205 Å². The molecular weight excluding hydrogens is 452 g/mol. The van der Waals surface area contributed by atoms with E-state index in [-0.39, 0.29) is 41.2 Å². The van der Waals surface area contributed by atoms with Gasteiger partial charge in [-0.25, -0.2) is 4.79 Å². The Hall–Kier alpha value is -1.93. The number of esters is 3. The molecule has 8 nitrogen and oxygen atoms in total. The largest absolute Gasteiger partial charge is 0.462 e. The van der Waals surface area contributed by atoms with Crippen molar-refractivity contribution in [3.8, 4) is 0 Å². The van der Waals surface area contributed by atoms with Crippen molar-refractivity contribution in [1.82, 2.24) is 0 Å². The maximum Gasteiger partial charge on any atom is 0.331 e. The summed E-state index contributed by atoms with van der Waals surface area (Å²) in [6, 6.07) is 0. The van der Waals surface area contributed by atoms with Crippen LogP contribution in [0, 0.1) is 28.6 Å². The molecule has 9 atom stereocenters. The molecule has 0 aromatic heterocycles. The fraction of sp³-hybridized carbons (Fsp3) is 0.815. The first-order valence-electron chi connectivity index (χ1n) is 13.2. The van der Waals surface area contributed by atoms with Crippen LogP contribution >= 0.6 is 0 Å². The van der Waals surface area contributed by atoms with Crippen molar-refractivity contribution < 1.29 is 38.4 Å². The number of aliphatic hydroxyl groups is 1. The monoisotopic (exact) mass is 488 g/mol. The first-order valence-corrected chi connectivity index (χ1v) is 13.2. The first kappa shape index (κ1) is 23.5. The van der Waals surface area contributed by atoms with Crippen LogP contribution in [0.2, 0.25) is 0 Å². The quantitative estimate of drug-likeness (QED) is 0.477. The van der Waals surface area contributed by atoms with Crippen LogP contribution in [-0.2, 0) is 33.3 Å². The van der Waals surface area contributed by atoms with Crippen molar-refractivity contribution >= 4 is 17.9 Å².